The van der Waals surface area contributed by atoms with E-state index in [1.165, 1.54) is 23.8 Å². The molecule has 0 spiro atoms. The predicted molar refractivity (Wildman–Crippen MR) is 58.8 cm³/mol. The Bertz CT molecular complexity index is 396. The van der Waals surface area contributed by atoms with E-state index in [2.05, 4.69) is 32.0 Å². The lowest BCUT2D eigenvalue weighted by atomic mass is 9.99. The van der Waals surface area contributed by atoms with Crippen LogP contribution in [-0.4, -0.2) is 13.1 Å². The molecule has 15 heavy (non-hydrogen) atoms. The van der Waals surface area contributed by atoms with E-state index in [0.29, 0.717) is 5.92 Å². The third kappa shape index (κ3) is 1.76. The minimum absolute atomic E-state index is 0.0686. The van der Waals surface area contributed by atoms with Crippen LogP contribution in [0.25, 0.3) is 0 Å². The van der Waals surface area contributed by atoms with Crippen molar-refractivity contribution < 1.29 is 9.53 Å². The predicted octanol–water partition coefficient (Wildman–Crippen LogP) is 2.58. The van der Waals surface area contributed by atoms with E-state index >= 15 is 0 Å². The van der Waals surface area contributed by atoms with Crippen LogP contribution in [-0.2, 0) is 9.53 Å². The van der Waals surface area contributed by atoms with Gasteiger partial charge in [0.2, 0.25) is 0 Å². The average molecular weight is 204 g/mol. The minimum Gasteiger partial charge on any atom is -0.469 e. The molecule has 1 aromatic carbocycles. The van der Waals surface area contributed by atoms with Crippen molar-refractivity contribution in [2.24, 2.45) is 5.92 Å². The summed E-state index contributed by atoms with van der Waals surface area (Å²) in [6.07, 6.45) is 0.941. The van der Waals surface area contributed by atoms with E-state index in [-0.39, 0.29) is 11.9 Å². The highest BCUT2D eigenvalue weighted by molar-refractivity contribution is 5.77. The molecule has 1 fully saturated rings. The Morgan fingerprint density at radius 1 is 1.40 bits per heavy atom. The van der Waals surface area contributed by atoms with Crippen molar-refractivity contribution in [3.63, 3.8) is 0 Å². The quantitative estimate of drug-likeness (QED) is 0.692. The van der Waals surface area contributed by atoms with Crippen LogP contribution in [0.4, 0.5) is 0 Å². The van der Waals surface area contributed by atoms with Gasteiger partial charge in [0.1, 0.15) is 0 Å². The number of hydrogen-bond donors (Lipinski definition) is 0. The maximum Gasteiger partial charge on any atom is 0.309 e. The van der Waals surface area contributed by atoms with Crippen molar-refractivity contribution in [1.82, 2.24) is 0 Å². The van der Waals surface area contributed by atoms with Crippen LogP contribution in [0.3, 0.4) is 0 Å². The molecular formula is C13H16O2. The van der Waals surface area contributed by atoms with Gasteiger partial charge < -0.3 is 4.74 Å². The summed E-state index contributed by atoms with van der Waals surface area (Å²) in [4.78, 5) is 11.3. The molecule has 1 saturated carbocycles. The molecule has 0 amide bonds. The molecule has 0 bridgehead atoms. The maximum absolute atomic E-state index is 11.3. The van der Waals surface area contributed by atoms with Crippen LogP contribution in [0.2, 0.25) is 0 Å². The lowest BCUT2D eigenvalue weighted by Gasteiger charge is -2.07. The van der Waals surface area contributed by atoms with E-state index in [9.17, 15) is 4.79 Å². The standard InChI is InChI=1S/C13H16O2/c1-8-5-4-6-10(9(8)2)11-7-12(11)13(14)15-3/h4-6,11-12H,7H2,1-3H3. The number of carbonyl (C=O) groups is 1. The molecule has 2 atom stereocenters. The monoisotopic (exact) mass is 204 g/mol. The summed E-state index contributed by atoms with van der Waals surface area (Å²) in [6, 6.07) is 6.29. The molecule has 0 N–H and O–H groups in total. The van der Waals surface area contributed by atoms with Gasteiger partial charge in [0.05, 0.1) is 13.0 Å². The molecule has 0 aliphatic heterocycles. The lowest BCUT2D eigenvalue weighted by molar-refractivity contribution is -0.142. The van der Waals surface area contributed by atoms with Gasteiger partial charge in [-0.15, -0.1) is 0 Å². The second kappa shape index (κ2) is 3.69. The first kappa shape index (κ1) is 10.2. The van der Waals surface area contributed by atoms with E-state index in [1.807, 2.05) is 0 Å². The van der Waals surface area contributed by atoms with Crippen molar-refractivity contribution in [2.75, 3.05) is 7.11 Å². The first-order valence-electron chi connectivity index (χ1n) is 5.29. The third-order valence-electron chi connectivity index (χ3n) is 3.34. The number of ether oxygens (including phenoxy) is 1. The average Bonchev–Trinajstić information content (AvgIpc) is 3.01. The molecular weight excluding hydrogens is 188 g/mol. The smallest absolute Gasteiger partial charge is 0.309 e. The molecule has 2 heteroatoms. The van der Waals surface area contributed by atoms with Crippen LogP contribution in [0, 0.1) is 19.8 Å². The highest BCUT2D eigenvalue weighted by Crippen LogP contribution is 2.49. The van der Waals surface area contributed by atoms with Gasteiger partial charge in [-0.1, -0.05) is 18.2 Å². The Hall–Kier alpha value is -1.31. The zero-order chi connectivity index (χ0) is 11.0. The fourth-order valence-electron chi connectivity index (χ4n) is 2.13. The molecule has 2 nitrogen and oxygen atoms in total. The normalized spacial score (nSPS) is 23.7. The maximum atomic E-state index is 11.3. The van der Waals surface area contributed by atoms with Crippen LogP contribution in [0.5, 0.6) is 0 Å². The summed E-state index contributed by atoms with van der Waals surface area (Å²) in [7, 11) is 1.46. The summed E-state index contributed by atoms with van der Waals surface area (Å²) in [6.45, 7) is 4.23. The van der Waals surface area contributed by atoms with Gasteiger partial charge in [0, 0.05) is 0 Å². The number of carbonyl (C=O) groups excluding carboxylic acids is 1. The first-order valence-corrected chi connectivity index (χ1v) is 5.29. The van der Waals surface area contributed by atoms with Crippen molar-refractivity contribution in [3.8, 4) is 0 Å². The Morgan fingerprint density at radius 2 is 2.13 bits per heavy atom. The van der Waals surface area contributed by atoms with Crippen LogP contribution < -0.4 is 0 Å². The number of benzene rings is 1. The van der Waals surface area contributed by atoms with Crippen molar-refractivity contribution in [1.29, 1.82) is 0 Å². The SMILES string of the molecule is COC(=O)C1CC1c1cccc(C)c1C. The van der Waals surface area contributed by atoms with Gasteiger partial charge in [0.25, 0.3) is 0 Å². The zero-order valence-corrected chi connectivity index (χ0v) is 9.41. The third-order valence-corrected chi connectivity index (χ3v) is 3.34. The number of hydrogen-bond acceptors (Lipinski definition) is 2. The van der Waals surface area contributed by atoms with Crippen molar-refractivity contribution >= 4 is 5.97 Å². The molecule has 0 heterocycles. The summed E-state index contributed by atoms with van der Waals surface area (Å²) < 4.78 is 4.76. The summed E-state index contributed by atoms with van der Waals surface area (Å²) in [5.41, 5.74) is 3.92. The van der Waals surface area contributed by atoms with Gasteiger partial charge >= 0.3 is 5.97 Å². The molecule has 80 valence electrons. The van der Waals surface area contributed by atoms with Crippen molar-refractivity contribution in [2.45, 2.75) is 26.2 Å². The van der Waals surface area contributed by atoms with Gasteiger partial charge in [-0.2, -0.15) is 0 Å². The minimum atomic E-state index is -0.0686. The summed E-state index contributed by atoms with van der Waals surface area (Å²) >= 11 is 0. The molecule has 2 rings (SSSR count). The first-order chi connectivity index (χ1) is 7.15. The molecule has 1 aromatic rings. The Balaban J connectivity index is 2.20. The van der Waals surface area contributed by atoms with Gasteiger partial charge in [0.15, 0.2) is 0 Å². The fraction of sp³-hybridized carbons (Fsp3) is 0.462. The highest BCUT2D eigenvalue weighted by atomic mass is 16.5. The van der Waals surface area contributed by atoms with Crippen LogP contribution in [0.15, 0.2) is 18.2 Å². The van der Waals surface area contributed by atoms with E-state index in [0.717, 1.165) is 6.42 Å². The molecule has 1 aliphatic rings. The summed E-state index contributed by atoms with van der Waals surface area (Å²) in [5, 5.41) is 0. The van der Waals surface area contributed by atoms with Gasteiger partial charge in [-0.05, 0) is 42.9 Å². The second-order valence-electron chi connectivity index (χ2n) is 4.26. The van der Waals surface area contributed by atoms with Gasteiger partial charge in [-0.3, -0.25) is 4.79 Å². The van der Waals surface area contributed by atoms with E-state index < -0.39 is 0 Å². The van der Waals surface area contributed by atoms with Crippen LogP contribution in [0.1, 0.15) is 29.0 Å². The Kier molecular flexibility index (Phi) is 2.51. The molecule has 1 aliphatic carbocycles. The molecule has 0 aromatic heterocycles. The lowest BCUT2D eigenvalue weighted by Crippen LogP contribution is -2.04. The Morgan fingerprint density at radius 3 is 2.80 bits per heavy atom. The topological polar surface area (TPSA) is 26.3 Å². The van der Waals surface area contributed by atoms with E-state index in [4.69, 9.17) is 4.74 Å². The zero-order valence-electron chi connectivity index (χ0n) is 9.41. The fourth-order valence-corrected chi connectivity index (χ4v) is 2.13. The molecule has 0 radical (unpaired) electrons. The number of esters is 1. The van der Waals surface area contributed by atoms with Crippen LogP contribution >= 0.6 is 0 Å². The number of methoxy groups -OCH3 is 1. The second-order valence-corrected chi connectivity index (χ2v) is 4.26. The summed E-state index contributed by atoms with van der Waals surface area (Å²) in [5.74, 6) is 0.411. The molecule has 0 saturated heterocycles. The van der Waals surface area contributed by atoms with Crippen molar-refractivity contribution in [3.05, 3.63) is 34.9 Å². The number of aryl methyl sites for hydroxylation is 1. The van der Waals surface area contributed by atoms with Gasteiger partial charge in [-0.25, -0.2) is 0 Å². The van der Waals surface area contributed by atoms with E-state index in [1.54, 1.807) is 0 Å². The number of rotatable bonds is 2. The highest BCUT2D eigenvalue weighted by Gasteiger charge is 2.45. The Labute approximate surface area is 90.3 Å². The largest absolute Gasteiger partial charge is 0.469 e. The molecule has 2 unspecified atom stereocenters.